The van der Waals surface area contributed by atoms with Gasteiger partial charge in [0, 0.05) is 10.0 Å². The van der Waals surface area contributed by atoms with Crippen LogP contribution in [0.25, 0.3) is 0 Å². The number of rotatable bonds is 5. The van der Waals surface area contributed by atoms with Crippen LogP contribution < -0.4 is 5.32 Å². The highest BCUT2D eigenvalue weighted by molar-refractivity contribution is 9.10. The number of amides is 1. The second kappa shape index (κ2) is 6.75. The van der Waals surface area contributed by atoms with Crippen LogP contribution in [0.1, 0.15) is 30.1 Å². The lowest BCUT2D eigenvalue weighted by molar-refractivity contribution is -0.139. The third-order valence-corrected chi connectivity index (χ3v) is 3.58. The van der Waals surface area contributed by atoms with Crippen LogP contribution in [0.5, 0.6) is 0 Å². The zero-order chi connectivity index (χ0) is 13.7. The number of carbonyl (C=O) groups is 2. The molecule has 0 aliphatic carbocycles. The summed E-state index contributed by atoms with van der Waals surface area (Å²) in [7, 11) is 0. The fourth-order valence-corrected chi connectivity index (χ4v) is 1.92. The Kier molecular flexibility index (Phi) is 5.62. The highest BCUT2D eigenvalue weighted by Crippen LogP contribution is 2.23. The maximum atomic E-state index is 11.9. The molecule has 0 radical (unpaired) electrons. The number of hydrogen-bond acceptors (Lipinski definition) is 2. The lowest BCUT2D eigenvalue weighted by Gasteiger charge is -2.13. The Labute approximate surface area is 118 Å². The summed E-state index contributed by atoms with van der Waals surface area (Å²) in [6.07, 6.45) is 1.08. The topological polar surface area (TPSA) is 66.4 Å². The molecule has 0 aliphatic heterocycles. The van der Waals surface area contributed by atoms with Gasteiger partial charge in [0.15, 0.2) is 0 Å². The summed E-state index contributed by atoms with van der Waals surface area (Å²) in [6, 6.07) is 3.82. The highest BCUT2D eigenvalue weighted by atomic mass is 79.9. The molecular formula is C12H13BrClNO3. The van der Waals surface area contributed by atoms with Crippen LogP contribution in [0.4, 0.5) is 0 Å². The van der Waals surface area contributed by atoms with Crippen molar-refractivity contribution < 1.29 is 14.7 Å². The molecule has 1 atom stereocenters. The lowest BCUT2D eigenvalue weighted by Crippen LogP contribution is -2.40. The number of carboxylic acids is 1. The van der Waals surface area contributed by atoms with E-state index in [1.54, 1.807) is 18.2 Å². The summed E-state index contributed by atoms with van der Waals surface area (Å²) in [5.74, 6) is -1.45. The van der Waals surface area contributed by atoms with Gasteiger partial charge in [0.2, 0.25) is 0 Å². The van der Waals surface area contributed by atoms with Gasteiger partial charge in [-0.25, -0.2) is 4.79 Å². The minimum atomic E-state index is -1.03. The molecule has 0 bridgehead atoms. The SMILES string of the molecule is CCCC(NC(=O)c1ccc(Cl)c(Br)c1)C(=O)O. The van der Waals surface area contributed by atoms with Gasteiger partial charge < -0.3 is 10.4 Å². The van der Waals surface area contributed by atoms with Crippen molar-refractivity contribution in [3.8, 4) is 0 Å². The molecule has 18 heavy (non-hydrogen) atoms. The average molecular weight is 335 g/mol. The van der Waals surface area contributed by atoms with Gasteiger partial charge in [-0.05, 0) is 40.5 Å². The molecule has 0 saturated carbocycles. The first kappa shape index (κ1) is 15.0. The summed E-state index contributed by atoms with van der Waals surface area (Å²) in [5, 5.41) is 11.9. The molecule has 0 saturated heterocycles. The molecule has 4 nitrogen and oxygen atoms in total. The molecule has 1 aromatic rings. The van der Waals surface area contributed by atoms with E-state index in [-0.39, 0.29) is 0 Å². The Bertz CT molecular complexity index is 465. The van der Waals surface area contributed by atoms with Crippen LogP contribution in [0.2, 0.25) is 5.02 Å². The predicted octanol–water partition coefficient (Wildman–Crippen LogP) is 3.09. The molecule has 0 heterocycles. The second-order valence-electron chi connectivity index (χ2n) is 3.78. The Balaban J connectivity index is 2.80. The van der Waals surface area contributed by atoms with E-state index in [0.717, 1.165) is 0 Å². The lowest BCUT2D eigenvalue weighted by atomic mass is 10.1. The van der Waals surface area contributed by atoms with Crippen molar-refractivity contribution in [1.82, 2.24) is 5.32 Å². The maximum Gasteiger partial charge on any atom is 0.326 e. The van der Waals surface area contributed by atoms with Crippen molar-refractivity contribution in [1.29, 1.82) is 0 Å². The molecule has 0 aromatic heterocycles. The van der Waals surface area contributed by atoms with Gasteiger partial charge in [0.1, 0.15) is 6.04 Å². The van der Waals surface area contributed by atoms with Crippen molar-refractivity contribution >= 4 is 39.4 Å². The molecular weight excluding hydrogens is 321 g/mol. The fraction of sp³-hybridized carbons (Fsp3) is 0.333. The molecule has 2 N–H and O–H groups in total. The van der Waals surface area contributed by atoms with Gasteiger partial charge in [-0.1, -0.05) is 24.9 Å². The summed E-state index contributed by atoms with van der Waals surface area (Å²) in [4.78, 5) is 22.8. The monoisotopic (exact) mass is 333 g/mol. The van der Waals surface area contributed by atoms with E-state index in [9.17, 15) is 9.59 Å². The Morgan fingerprint density at radius 1 is 1.50 bits per heavy atom. The first-order valence-corrected chi connectivity index (χ1v) is 6.61. The number of carbonyl (C=O) groups excluding carboxylic acids is 1. The van der Waals surface area contributed by atoms with E-state index >= 15 is 0 Å². The summed E-state index contributed by atoms with van der Waals surface area (Å²) < 4.78 is 0.596. The molecule has 0 aliphatic rings. The Morgan fingerprint density at radius 2 is 2.17 bits per heavy atom. The van der Waals surface area contributed by atoms with Gasteiger partial charge in [-0.3, -0.25) is 4.79 Å². The first-order valence-electron chi connectivity index (χ1n) is 5.44. The van der Waals surface area contributed by atoms with Gasteiger partial charge in [0.05, 0.1) is 5.02 Å². The molecule has 1 aromatic carbocycles. The normalized spacial score (nSPS) is 11.9. The van der Waals surface area contributed by atoms with E-state index in [0.29, 0.717) is 27.9 Å². The van der Waals surface area contributed by atoms with Crippen LogP contribution in [0.3, 0.4) is 0 Å². The predicted molar refractivity (Wildman–Crippen MR) is 73.0 cm³/mol. The largest absolute Gasteiger partial charge is 0.480 e. The van der Waals surface area contributed by atoms with Crippen LogP contribution in [-0.4, -0.2) is 23.0 Å². The zero-order valence-corrected chi connectivity index (χ0v) is 12.1. The fourth-order valence-electron chi connectivity index (χ4n) is 1.43. The number of nitrogens with one attached hydrogen (secondary N) is 1. The third-order valence-electron chi connectivity index (χ3n) is 2.36. The smallest absolute Gasteiger partial charge is 0.326 e. The molecule has 98 valence electrons. The molecule has 1 unspecified atom stereocenters. The van der Waals surface area contributed by atoms with Crippen molar-refractivity contribution in [3.05, 3.63) is 33.3 Å². The van der Waals surface area contributed by atoms with Crippen LogP contribution in [0, 0.1) is 0 Å². The number of benzene rings is 1. The maximum absolute atomic E-state index is 11.9. The van der Waals surface area contributed by atoms with Gasteiger partial charge in [-0.2, -0.15) is 0 Å². The van der Waals surface area contributed by atoms with E-state index in [1.807, 2.05) is 6.92 Å². The highest BCUT2D eigenvalue weighted by Gasteiger charge is 2.19. The minimum absolute atomic E-state index is 0.369. The van der Waals surface area contributed by atoms with Crippen molar-refractivity contribution in [2.45, 2.75) is 25.8 Å². The van der Waals surface area contributed by atoms with Crippen LogP contribution in [0.15, 0.2) is 22.7 Å². The van der Waals surface area contributed by atoms with E-state index < -0.39 is 17.9 Å². The quantitative estimate of drug-likeness (QED) is 0.869. The Morgan fingerprint density at radius 3 is 2.67 bits per heavy atom. The number of aliphatic carboxylic acids is 1. The van der Waals surface area contributed by atoms with Gasteiger partial charge in [0.25, 0.3) is 5.91 Å². The van der Waals surface area contributed by atoms with E-state index in [4.69, 9.17) is 16.7 Å². The summed E-state index contributed by atoms with van der Waals surface area (Å²) in [5.41, 5.74) is 0.369. The number of hydrogen-bond donors (Lipinski definition) is 2. The molecule has 0 spiro atoms. The summed E-state index contributed by atoms with van der Waals surface area (Å²) in [6.45, 7) is 1.86. The number of halogens is 2. The van der Waals surface area contributed by atoms with Crippen LogP contribution in [-0.2, 0) is 4.79 Å². The van der Waals surface area contributed by atoms with Gasteiger partial charge >= 0.3 is 5.97 Å². The number of carboxylic acid groups (broad SMARTS) is 1. The third kappa shape index (κ3) is 3.99. The molecule has 1 rings (SSSR count). The zero-order valence-electron chi connectivity index (χ0n) is 9.74. The minimum Gasteiger partial charge on any atom is -0.480 e. The van der Waals surface area contributed by atoms with Crippen molar-refractivity contribution in [2.24, 2.45) is 0 Å². The van der Waals surface area contributed by atoms with E-state index in [2.05, 4.69) is 21.2 Å². The average Bonchev–Trinajstić information content (AvgIpc) is 2.31. The molecule has 1 amide bonds. The van der Waals surface area contributed by atoms with Crippen LogP contribution >= 0.6 is 27.5 Å². The summed E-state index contributed by atoms with van der Waals surface area (Å²) >= 11 is 9.03. The first-order chi connectivity index (χ1) is 8.45. The van der Waals surface area contributed by atoms with E-state index in [1.165, 1.54) is 0 Å². The standard InChI is InChI=1S/C12H13BrClNO3/c1-2-3-10(12(17)18)15-11(16)7-4-5-9(14)8(13)6-7/h4-6,10H,2-3H2,1H3,(H,15,16)(H,17,18). The Hall–Kier alpha value is -1.07. The van der Waals surface area contributed by atoms with Gasteiger partial charge in [-0.15, -0.1) is 0 Å². The second-order valence-corrected chi connectivity index (χ2v) is 5.04. The van der Waals surface area contributed by atoms with Crippen molar-refractivity contribution in [3.63, 3.8) is 0 Å². The van der Waals surface area contributed by atoms with Crippen molar-refractivity contribution in [2.75, 3.05) is 0 Å². The molecule has 0 fully saturated rings. The molecule has 6 heteroatoms.